The van der Waals surface area contributed by atoms with Crippen LogP contribution in [0.15, 0.2) is 53.4 Å². The van der Waals surface area contributed by atoms with E-state index in [2.05, 4.69) is 15.5 Å². The van der Waals surface area contributed by atoms with E-state index in [0.29, 0.717) is 6.54 Å². The second kappa shape index (κ2) is 9.92. The Morgan fingerprint density at radius 1 is 1.31 bits per heavy atom. The molecule has 1 aliphatic heterocycles. The maximum atomic E-state index is 13.5. The Hall–Kier alpha value is -1.60. The monoisotopic (exact) mass is 395 g/mol. The first-order valence-electron chi connectivity index (χ1n) is 8.30. The van der Waals surface area contributed by atoms with E-state index in [1.807, 2.05) is 36.6 Å². The molecule has 3 rings (SSSR count). The van der Waals surface area contributed by atoms with E-state index in [4.69, 9.17) is 0 Å². The van der Waals surface area contributed by atoms with Gasteiger partial charge in [-0.05, 0) is 48.2 Å². The van der Waals surface area contributed by atoms with Gasteiger partial charge < -0.3 is 10.6 Å². The van der Waals surface area contributed by atoms with Gasteiger partial charge in [-0.3, -0.25) is 9.69 Å². The number of halogens is 2. The highest BCUT2D eigenvalue weighted by Crippen LogP contribution is 2.23. The molecule has 0 saturated carbocycles. The number of nitrogens with zero attached hydrogens (tertiary/aromatic N) is 1. The Labute approximate surface area is 164 Å². The largest absolute Gasteiger partial charge is 0.325 e. The summed E-state index contributed by atoms with van der Waals surface area (Å²) >= 11 is 1.67. The maximum Gasteiger partial charge on any atom is 0.238 e. The molecule has 0 aliphatic carbocycles. The fraction of sp³-hybridized carbons (Fsp3) is 0.316. The third-order valence-electron chi connectivity index (χ3n) is 4.31. The van der Waals surface area contributed by atoms with E-state index in [-0.39, 0.29) is 36.7 Å². The van der Waals surface area contributed by atoms with Gasteiger partial charge >= 0.3 is 0 Å². The molecule has 0 aromatic heterocycles. The number of piperazine rings is 1. The van der Waals surface area contributed by atoms with Crippen molar-refractivity contribution in [2.24, 2.45) is 0 Å². The topological polar surface area (TPSA) is 44.4 Å². The lowest BCUT2D eigenvalue weighted by atomic mass is 10.0. The molecular formula is C19H23ClFN3OS. The zero-order chi connectivity index (χ0) is 17.6. The van der Waals surface area contributed by atoms with E-state index in [1.54, 1.807) is 23.9 Å². The lowest BCUT2D eigenvalue weighted by Gasteiger charge is -2.36. The van der Waals surface area contributed by atoms with Crippen LogP contribution in [0.4, 0.5) is 10.1 Å². The molecule has 2 aromatic carbocycles. The molecule has 4 nitrogen and oxygen atoms in total. The first kappa shape index (κ1) is 20.7. The summed E-state index contributed by atoms with van der Waals surface area (Å²) in [7, 11) is 0. The van der Waals surface area contributed by atoms with Gasteiger partial charge in [0, 0.05) is 36.3 Å². The van der Waals surface area contributed by atoms with Crippen LogP contribution in [0.1, 0.15) is 11.6 Å². The molecule has 1 unspecified atom stereocenters. The number of anilines is 1. The van der Waals surface area contributed by atoms with Gasteiger partial charge in [0.1, 0.15) is 5.82 Å². The van der Waals surface area contributed by atoms with E-state index in [1.165, 1.54) is 6.07 Å². The van der Waals surface area contributed by atoms with Gasteiger partial charge in [-0.25, -0.2) is 4.39 Å². The lowest BCUT2D eigenvalue weighted by Crippen LogP contribution is -2.48. The van der Waals surface area contributed by atoms with Gasteiger partial charge in [0.2, 0.25) is 5.91 Å². The molecule has 1 heterocycles. The van der Waals surface area contributed by atoms with E-state index < -0.39 is 0 Å². The lowest BCUT2D eigenvalue weighted by molar-refractivity contribution is -0.118. The molecule has 1 aliphatic rings. The number of carbonyl (C=O) groups excluding carboxylic acids is 1. The third-order valence-corrected chi connectivity index (χ3v) is 5.05. The van der Waals surface area contributed by atoms with Crippen molar-refractivity contribution in [1.82, 2.24) is 10.2 Å². The highest BCUT2D eigenvalue weighted by atomic mass is 35.5. The number of amides is 1. The van der Waals surface area contributed by atoms with E-state index >= 15 is 0 Å². The molecule has 1 saturated heterocycles. The molecule has 0 bridgehead atoms. The van der Waals surface area contributed by atoms with Crippen LogP contribution < -0.4 is 10.6 Å². The molecule has 0 spiro atoms. The minimum absolute atomic E-state index is 0. The Kier molecular flexibility index (Phi) is 7.90. The van der Waals surface area contributed by atoms with Crippen molar-refractivity contribution in [3.8, 4) is 0 Å². The molecule has 0 radical (unpaired) electrons. The van der Waals surface area contributed by atoms with Gasteiger partial charge in [0.05, 0.1) is 6.54 Å². The summed E-state index contributed by atoms with van der Waals surface area (Å²) in [5, 5.41) is 6.26. The zero-order valence-corrected chi connectivity index (χ0v) is 16.2. The average Bonchev–Trinajstić information content (AvgIpc) is 2.63. The van der Waals surface area contributed by atoms with Gasteiger partial charge in [-0.1, -0.05) is 12.1 Å². The fourth-order valence-electron chi connectivity index (χ4n) is 3.04. The number of thioether (sulfide) groups is 1. The molecule has 2 aromatic rings. The van der Waals surface area contributed by atoms with Crippen molar-refractivity contribution in [2.75, 3.05) is 37.8 Å². The SMILES string of the molecule is CSc1ccc(NC(=O)CN2CCNCC2c2cccc(F)c2)cc1.Cl. The van der Waals surface area contributed by atoms with Crippen LogP contribution in [0, 0.1) is 5.82 Å². The van der Waals surface area contributed by atoms with Crippen LogP contribution in [0.3, 0.4) is 0 Å². The van der Waals surface area contributed by atoms with Crippen molar-refractivity contribution in [3.05, 3.63) is 59.9 Å². The van der Waals surface area contributed by atoms with Crippen molar-refractivity contribution < 1.29 is 9.18 Å². The van der Waals surface area contributed by atoms with Gasteiger partial charge in [0.25, 0.3) is 0 Å². The molecule has 140 valence electrons. The van der Waals surface area contributed by atoms with Gasteiger partial charge in [-0.15, -0.1) is 24.2 Å². The highest BCUT2D eigenvalue weighted by Gasteiger charge is 2.25. The fourth-order valence-corrected chi connectivity index (χ4v) is 3.45. The van der Waals surface area contributed by atoms with Crippen molar-refractivity contribution in [1.29, 1.82) is 0 Å². The number of carbonyl (C=O) groups is 1. The van der Waals surface area contributed by atoms with E-state index in [9.17, 15) is 9.18 Å². The first-order chi connectivity index (χ1) is 12.2. The minimum atomic E-state index is -0.249. The summed E-state index contributed by atoms with van der Waals surface area (Å²) in [6.45, 7) is 2.56. The minimum Gasteiger partial charge on any atom is -0.325 e. The highest BCUT2D eigenvalue weighted by molar-refractivity contribution is 7.98. The van der Waals surface area contributed by atoms with Crippen molar-refractivity contribution in [3.63, 3.8) is 0 Å². The van der Waals surface area contributed by atoms with E-state index in [0.717, 1.165) is 29.2 Å². The number of hydrogen-bond acceptors (Lipinski definition) is 4. The summed E-state index contributed by atoms with van der Waals surface area (Å²) in [5.41, 5.74) is 1.68. The Balaban J connectivity index is 0.00000243. The quantitative estimate of drug-likeness (QED) is 0.760. The van der Waals surface area contributed by atoms with Crippen LogP contribution in [0.5, 0.6) is 0 Å². The van der Waals surface area contributed by atoms with Gasteiger partial charge in [0.15, 0.2) is 0 Å². The Morgan fingerprint density at radius 2 is 2.08 bits per heavy atom. The Bertz CT molecular complexity index is 729. The summed E-state index contributed by atoms with van der Waals surface area (Å²) in [4.78, 5) is 15.7. The number of benzene rings is 2. The predicted molar refractivity (Wildman–Crippen MR) is 108 cm³/mol. The van der Waals surface area contributed by atoms with Crippen LogP contribution in [-0.4, -0.2) is 43.2 Å². The average molecular weight is 396 g/mol. The van der Waals surface area contributed by atoms with Crippen LogP contribution in [0.2, 0.25) is 0 Å². The van der Waals surface area contributed by atoms with Crippen LogP contribution in [0.25, 0.3) is 0 Å². The summed E-state index contributed by atoms with van der Waals surface area (Å²) < 4.78 is 13.5. The molecule has 1 amide bonds. The number of nitrogens with one attached hydrogen (secondary N) is 2. The standard InChI is InChI=1S/C19H22FN3OS.ClH/c1-25-17-7-5-16(6-8-17)22-19(24)13-23-10-9-21-12-18(23)14-3-2-4-15(20)11-14;/h2-8,11,18,21H,9-10,12-13H2,1H3,(H,22,24);1H. The first-order valence-corrected chi connectivity index (χ1v) is 9.52. The predicted octanol–water partition coefficient (Wildman–Crippen LogP) is 3.55. The zero-order valence-electron chi connectivity index (χ0n) is 14.6. The molecule has 2 N–H and O–H groups in total. The Morgan fingerprint density at radius 3 is 2.77 bits per heavy atom. The van der Waals surface area contributed by atoms with Crippen molar-refractivity contribution in [2.45, 2.75) is 10.9 Å². The summed E-state index contributed by atoms with van der Waals surface area (Å²) in [6, 6.07) is 14.4. The normalized spacial score (nSPS) is 17.4. The van der Waals surface area contributed by atoms with Crippen LogP contribution >= 0.6 is 24.2 Å². The smallest absolute Gasteiger partial charge is 0.238 e. The number of rotatable bonds is 5. The molecular weight excluding hydrogens is 373 g/mol. The maximum absolute atomic E-state index is 13.5. The second-order valence-electron chi connectivity index (χ2n) is 6.02. The molecule has 7 heteroatoms. The van der Waals surface area contributed by atoms with Crippen LogP contribution in [-0.2, 0) is 4.79 Å². The summed E-state index contributed by atoms with van der Waals surface area (Å²) in [5.74, 6) is -0.304. The molecule has 1 atom stereocenters. The third kappa shape index (κ3) is 5.45. The second-order valence-corrected chi connectivity index (χ2v) is 6.90. The number of hydrogen-bond donors (Lipinski definition) is 2. The van der Waals surface area contributed by atoms with Crippen molar-refractivity contribution >= 4 is 35.8 Å². The molecule has 26 heavy (non-hydrogen) atoms. The molecule has 1 fully saturated rings. The van der Waals surface area contributed by atoms with Gasteiger partial charge in [-0.2, -0.15) is 0 Å². The summed E-state index contributed by atoms with van der Waals surface area (Å²) in [6.07, 6.45) is 2.02.